The van der Waals surface area contributed by atoms with Crippen LogP contribution in [0.1, 0.15) is 10.4 Å². The van der Waals surface area contributed by atoms with Gasteiger partial charge in [-0.15, -0.1) is 0 Å². The van der Waals surface area contributed by atoms with Crippen LogP contribution in [0.25, 0.3) is 0 Å². The lowest BCUT2D eigenvalue weighted by atomic mass is 9.88. The van der Waals surface area contributed by atoms with E-state index >= 15 is 0 Å². The molecule has 4 amide bonds. The second kappa shape index (κ2) is 17.5. The first kappa shape index (κ1) is 46.9. The van der Waals surface area contributed by atoms with Gasteiger partial charge in [-0.2, -0.15) is 0 Å². The van der Waals surface area contributed by atoms with Gasteiger partial charge in [-0.1, -0.05) is 101 Å². The highest BCUT2D eigenvalue weighted by molar-refractivity contribution is 6.77. The van der Waals surface area contributed by atoms with Gasteiger partial charge in [-0.05, 0) is 12.1 Å². The molecule has 0 unspecified atom stereocenters. The lowest BCUT2D eigenvalue weighted by molar-refractivity contribution is -0.120. The number of halogens is 6. The van der Waals surface area contributed by atoms with Crippen LogP contribution in [0.3, 0.4) is 0 Å². The Morgan fingerprint density at radius 1 is 0.758 bits per heavy atom. The van der Waals surface area contributed by atoms with Crippen LogP contribution in [0.4, 0.5) is 9.59 Å². The Morgan fingerprint density at radius 3 is 1.63 bits per heavy atom. The van der Waals surface area contributed by atoms with Gasteiger partial charge in [0, 0.05) is 0 Å². The smallest absolute Gasteiger partial charge is 0.404 e. The van der Waals surface area contributed by atoms with Crippen molar-refractivity contribution in [3.63, 3.8) is 0 Å². The number of guanidine groups is 2. The molecule has 0 saturated carbocycles. The predicted octanol–water partition coefficient (Wildman–Crippen LogP) is -1.99. The summed E-state index contributed by atoms with van der Waals surface area (Å²) in [5.74, 6) is -2.22. The number of amides is 4. The van der Waals surface area contributed by atoms with Crippen LogP contribution in [0.15, 0.2) is 65.1 Å². The minimum atomic E-state index is -2.33. The zero-order valence-corrected chi connectivity index (χ0v) is 36.1. The molecular weight excluding hydrogens is 953 g/mol. The highest BCUT2D eigenvalue weighted by Crippen LogP contribution is 2.42. The summed E-state index contributed by atoms with van der Waals surface area (Å²) in [6, 6.07) is 5.11. The van der Waals surface area contributed by atoms with Gasteiger partial charge in [0.05, 0.1) is 42.4 Å². The minimum Gasteiger partial charge on any atom is -0.454 e. The van der Waals surface area contributed by atoms with Crippen molar-refractivity contribution in [2.45, 2.75) is 67.5 Å². The summed E-state index contributed by atoms with van der Waals surface area (Å²) in [7, 11) is 0. The number of primary amides is 2. The fourth-order valence-corrected chi connectivity index (χ4v) is 8.27. The first-order valence-electron chi connectivity index (χ1n) is 18.0. The predicted molar refractivity (Wildman–Crippen MR) is 221 cm³/mol. The summed E-state index contributed by atoms with van der Waals surface area (Å²) in [6.45, 7) is 6.86. The van der Waals surface area contributed by atoms with Gasteiger partial charge in [-0.25, -0.2) is 24.4 Å². The van der Waals surface area contributed by atoms with E-state index in [1.807, 2.05) is 0 Å². The van der Waals surface area contributed by atoms with Gasteiger partial charge in [0.1, 0.15) is 49.7 Å². The molecule has 6 aliphatic rings. The molecule has 62 heavy (non-hydrogen) atoms. The van der Waals surface area contributed by atoms with Crippen LogP contribution in [-0.2, 0) is 23.8 Å². The molecule has 29 heteroatoms. The van der Waals surface area contributed by atoms with Crippen molar-refractivity contribution in [2.75, 3.05) is 26.3 Å². The Labute approximate surface area is 381 Å². The van der Waals surface area contributed by atoms with E-state index in [2.05, 4.69) is 55.0 Å². The SMILES string of the molecule is C=C1N[C@H]2[C@H](COC(N)=O)N=C(NC(=O)C(Cl)(Cl)Cl)N3C[C@@H](O)[C@@H](O)[C@]23N1.C=C1N[C@H]2[C@H](COC(N)=O)N=C(NC(=O)C(Cl)(Cl)Cl)N3C[C@H](OC(=O)c4ccccc4)[C@H](O)[C@]23N1. The number of carbonyl (C=O) groups is 5. The molecule has 1 aromatic rings. The van der Waals surface area contributed by atoms with E-state index < -0.39 is 97.5 Å². The van der Waals surface area contributed by atoms with Crippen molar-refractivity contribution in [3.05, 3.63) is 60.7 Å². The van der Waals surface area contributed by atoms with Crippen LogP contribution < -0.4 is 43.4 Å². The Bertz CT molecular complexity index is 2080. The number of benzene rings is 1. The van der Waals surface area contributed by atoms with E-state index in [1.54, 1.807) is 30.3 Å². The molecule has 0 aromatic heterocycles. The Balaban J connectivity index is 0.000000214. The summed E-state index contributed by atoms with van der Waals surface area (Å²) in [5.41, 5.74) is 7.65. The summed E-state index contributed by atoms with van der Waals surface area (Å²) in [4.78, 5) is 71.2. The number of nitrogens with two attached hydrogens (primary N) is 2. The van der Waals surface area contributed by atoms with Crippen LogP contribution >= 0.6 is 69.6 Å². The fraction of sp³-hybridized carbons (Fsp3) is 0.485. The quantitative estimate of drug-likeness (QED) is 0.0835. The summed E-state index contributed by atoms with van der Waals surface area (Å²) >= 11 is 33.9. The highest BCUT2D eigenvalue weighted by atomic mass is 35.6. The van der Waals surface area contributed by atoms with E-state index in [4.69, 9.17) is 95.3 Å². The average Bonchev–Trinajstić information content (AvgIpc) is 3.89. The van der Waals surface area contributed by atoms with Crippen molar-refractivity contribution >= 4 is 111 Å². The standard InChI is InChI=1S/C20H21Cl3N6O6.C13H17Cl3N6O5/c1-9-25-13-11(8-34-17(24)33)26-18(27-16(32)20(21,22)23)29-7-12(14(30)19(13,29)28-9)35-15(31)10-5-3-2-4-6-10;1-4-18-7-5(3-27-10(17)26)19-11(20-9(25)13(14,15)16)22-2-6(23)8(24)12(7,22)21-4/h2-6,11-14,25,28,30H,1,7-8H2,(H2,24,33)(H,26,27,32);5-8,18,21,23-24H,1-3H2,(H2,17,26)(H,19,20,25)/t11-,12-,13-,14-,19-;5-,6+,7-,8+,12-/m00/s1. The lowest BCUT2D eigenvalue weighted by Crippen LogP contribution is -2.73. The molecule has 4 saturated heterocycles. The van der Waals surface area contributed by atoms with Gasteiger partial charge in [0.2, 0.25) is 11.9 Å². The topological polar surface area (TPSA) is 329 Å². The normalized spacial score (nSPS) is 31.6. The largest absolute Gasteiger partial charge is 0.454 e. The van der Waals surface area contributed by atoms with E-state index in [1.165, 1.54) is 9.80 Å². The van der Waals surface area contributed by atoms with Crippen molar-refractivity contribution < 1.29 is 53.5 Å². The fourth-order valence-electron chi connectivity index (χ4n) is 7.99. The van der Waals surface area contributed by atoms with Gasteiger partial charge < -0.3 is 72.1 Å². The van der Waals surface area contributed by atoms with E-state index in [-0.39, 0.29) is 43.8 Å². The number of aliphatic hydroxyl groups excluding tert-OH is 3. The third-order valence-electron chi connectivity index (χ3n) is 10.4. The van der Waals surface area contributed by atoms with Crippen LogP contribution in [-0.4, -0.2) is 161 Å². The third-order valence-corrected chi connectivity index (χ3v) is 11.5. The molecular formula is C33H38Cl6N12O11. The molecule has 6 aliphatic heterocycles. The zero-order valence-electron chi connectivity index (χ0n) is 31.6. The van der Waals surface area contributed by atoms with Crippen LogP contribution in [0.2, 0.25) is 0 Å². The first-order valence-corrected chi connectivity index (χ1v) is 20.3. The summed E-state index contributed by atoms with van der Waals surface area (Å²) in [6.07, 6.45) is -6.99. The van der Waals surface area contributed by atoms with Crippen molar-refractivity contribution in [3.8, 4) is 0 Å². The number of aliphatic imine (C=N–C) groups is 2. The second-order valence-electron chi connectivity index (χ2n) is 14.3. The summed E-state index contributed by atoms with van der Waals surface area (Å²) in [5, 5.41) is 49.2. The molecule has 2 spiro atoms. The van der Waals surface area contributed by atoms with Crippen LogP contribution in [0, 0.1) is 0 Å². The van der Waals surface area contributed by atoms with E-state index in [9.17, 15) is 39.3 Å². The molecule has 0 aliphatic carbocycles. The number of nitrogens with one attached hydrogen (secondary N) is 6. The zero-order chi connectivity index (χ0) is 45.7. The number of rotatable bonds is 6. The van der Waals surface area contributed by atoms with Gasteiger partial charge in [0.15, 0.2) is 11.3 Å². The molecule has 0 radical (unpaired) electrons. The van der Waals surface area contributed by atoms with Crippen LogP contribution in [0.5, 0.6) is 0 Å². The maximum absolute atomic E-state index is 12.7. The molecule has 6 heterocycles. The molecule has 13 N–H and O–H groups in total. The monoisotopic (exact) mass is 988 g/mol. The van der Waals surface area contributed by atoms with Gasteiger partial charge in [-0.3, -0.25) is 20.2 Å². The Hall–Kier alpha value is -4.59. The number of carbonyl (C=O) groups excluding carboxylic acids is 5. The number of esters is 1. The van der Waals surface area contributed by atoms with Crippen molar-refractivity contribution in [1.82, 2.24) is 41.7 Å². The summed E-state index contributed by atoms with van der Waals surface area (Å²) < 4.78 is 10.8. The maximum Gasteiger partial charge on any atom is 0.404 e. The Morgan fingerprint density at radius 2 is 1.19 bits per heavy atom. The number of ether oxygens (including phenoxy) is 3. The maximum atomic E-state index is 12.7. The number of alkyl halides is 6. The minimum absolute atomic E-state index is 0.0814. The Kier molecular flexibility index (Phi) is 13.3. The van der Waals surface area contributed by atoms with E-state index in [0.29, 0.717) is 11.6 Å². The highest BCUT2D eigenvalue weighted by Gasteiger charge is 2.68. The molecule has 10 atom stereocenters. The molecule has 1 aromatic carbocycles. The average molecular weight is 991 g/mol. The number of hydrogen-bond acceptors (Lipinski definition) is 19. The van der Waals surface area contributed by atoms with Gasteiger partial charge >= 0.3 is 18.2 Å². The lowest BCUT2D eigenvalue weighted by Gasteiger charge is -2.47. The molecule has 7 rings (SSSR count). The van der Waals surface area contributed by atoms with Crippen molar-refractivity contribution in [1.29, 1.82) is 0 Å². The van der Waals surface area contributed by atoms with Gasteiger partial charge in [0.25, 0.3) is 19.4 Å². The van der Waals surface area contributed by atoms with Crippen molar-refractivity contribution in [2.24, 2.45) is 21.5 Å². The van der Waals surface area contributed by atoms with E-state index in [0.717, 1.165) is 0 Å². The third kappa shape index (κ3) is 8.95. The first-order chi connectivity index (χ1) is 28.9. The second-order valence-corrected chi connectivity index (χ2v) is 18.9. The molecule has 23 nitrogen and oxygen atoms in total. The number of hydrogen-bond donors (Lipinski definition) is 11. The number of aliphatic hydroxyl groups is 3. The molecule has 338 valence electrons. The molecule has 4 fully saturated rings. The molecule has 0 bridgehead atoms. The number of nitrogens with zero attached hydrogens (tertiary/aromatic N) is 4.